The van der Waals surface area contributed by atoms with Gasteiger partial charge in [0.2, 0.25) is 0 Å². The Balaban J connectivity index is 4.45. The van der Waals surface area contributed by atoms with Crippen LogP contribution in [-0.4, -0.2) is 27.2 Å². The van der Waals surface area contributed by atoms with E-state index in [-0.39, 0.29) is 5.60 Å². The molecule has 0 saturated heterocycles. The molecule has 0 spiro atoms. The van der Waals surface area contributed by atoms with Gasteiger partial charge in [0.1, 0.15) is 0 Å². The zero-order chi connectivity index (χ0) is 13.7. The molecule has 0 aromatic carbocycles. The number of unbranched alkanes of at least 4 members (excludes halogenated alkanes) is 4. The monoisotopic (exact) mass is 360 g/mol. The van der Waals surface area contributed by atoms with Crippen LogP contribution >= 0.6 is 0 Å². The molecule has 106 valence electrons. The molecule has 0 saturated carbocycles. The van der Waals surface area contributed by atoms with E-state index in [1.807, 2.05) is 0 Å². The first kappa shape index (κ1) is 18.5. The molecule has 0 bridgehead atoms. The van der Waals surface area contributed by atoms with Crippen molar-refractivity contribution >= 4 is 21.6 Å². The number of hydrogen-bond acceptors (Lipinski definition) is 1. The van der Waals surface area contributed by atoms with E-state index in [2.05, 4.69) is 31.4 Å². The maximum absolute atomic E-state index is 6.38. The molecule has 0 heterocycles. The van der Waals surface area contributed by atoms with Crippen molar-refractivity contribution in [1.82, 2.24) is 0 Å². The van der Waals surface area contributed by atoms with Gasteiger partial charge in [-0.3, -0.25) is 0 Å². The summed E-state index contributed by atoms with van der Waals surface area (Å²) in [5, 5.41) is 0. The third kappa shape index (κ3) is 8.57. The molecule has 0 aliphatic rings. The van der Waals surface area contributed by atoms with Crippen molar-refractivity contribution in [2.45, 2.75) is 90.6 Å². The Kier molecular flexibility index (Phi) is 12.9. The summed E-state index contributed by atoms with van der Waals surface area (Å²) < 4.78 is 8.45. The van der Waals surface area contributed by atoms with Crippen LogP contribution in [0.1, 0.15) is 85.0 Å². The molecule has 0 amide bonds. The molecular formula is C16H32OSn. The second-order valence-electron chi connectivity index (χ2n) is 5.27. The Bertz CT molecular complexity index is 184. The van der Waals surface area contributed by atoms with E-state index in [1.165, 1.54) is 64.2 Å². The molecule has 0 unspecified atom stereocenters. The molecule has 0 rings (SSSR count). The summed E-state index contributed by atoms with van der Waals surface area (Å²) >= 11 is -0.781. The van der Waals surface area contributed by atoms with Crippen LogP contribution in [0.25, 0.3) is 0 Å². The molecule has 2 radical (unpaired) electrons. The topological polar surface area (TPSA) is 9.23 Å². The van der Waals surface area contributed by atoms with Gasteiger partial charge in [0.05, 0.1) is 0 Å². The van der Waals surface area contributed by atoms with Crippen molar-refractivity contribution in [3.05, 3.63) is 10.7 Å². The van der Waals surface area contributed by atoms with E-state index in [1.54, 1.807) is 0 Å². The molecule has 0 fully saturated rings. The van der Waals surface area contributed by atoms with Gasteiger partial charge in [0.25, 0.3) is 0 Å². The molecule has 0 aromatic heterocycles. The van der Waals surface area contributed by atoms with Crippen molar-refractivity contribution in [2.75, 3.05) is 0 Å². The normalized spacial score (nSPS) is 11.7. The summed E-state index contributed by atoms with van der Waals surface area (Å²) in [5.74, 6) is 0. The standard InChI is InChI=1S/C14H29O.C2H3.Sn/c1-4-7-10-13-14(15,11-8-5-2)12-9-6-3;1-2;/h4-13H2,1-3H3;1H,2H2;/q-1;;+1. The quantitative estimate of drug-likeness (QED) is 0.313. The molecule has 0 aromatic rings. The predicted octanol–water partition coefficient (Wildman–Crippen LogP) is 5.47. The number of hydrogen-bond donors (Lipinski definition) is 0. The van der Waals surface area contributed by atoms with Crippen LogP contribution in [0.5, 0.6) is 0 Å². The molecule has 0 aliphatic carbocycles. The summed E-state index contributed by atoms with van der Waals surface area (Å²) in [6.45, 7) is 10.7. The summed E-state index contributed by atoms with van der Waals surface area (Å²) in [4.78, 5) is 0. The predicted molar refractivity (Wildman–Crippen MR) is 83.0 cm³/mol. The van der Waals surface area contributed by atoms with Crippen LogP contribution in [0.15, 0.2) is 10.7 Å². The SMILES string of the molecule is C=[CH][Sn][O]C(CCCC)(CCCC)CCCCC. The fraction of sp³-hybridized carbons (Fsp3) is 0.875. The molecule has 2 heteroatoms. The molecule has 0 aliphatic heterocycles. The Morgan fingerprint density at radius 1 is 0.889 bits per heavy atom. The first-order chi connectivity index (χ1) is 8.74. The van der Waals surface area contributed by atoms with E-state index in [4.69, 9.17) is 3.07 Å². The summed E-state index contributed by atoms with van der Waals surface area (Å²) in [5.41, 5.74) is 0.210. The third-order valence-electron chi connectivity index (χ3n) is 3.57. The van der Waals surface area contributed by atoms with Crippen molar-refractivity contribution in [3.8, 4) is 0 Å². The van der Waals surface area contributed by atoms with Gasteiger partial charge in [-0.15, -0.1) is 0 Å². The Morgan fingerprint density at radius 2 is 1.39 bits per heavy atom. The zero-order valence-electron chi connectivity index (χ0n) is 12.8. The Hall–Kier alpha value is 0.499. The summed E-state index contributed by atoms with van der Waals surface area (Å²) in [7, 11) is 0. The molecular weight excluding hydrogens is 327 g/mol. The van der Waals surface area contributed by atoms with Gasteiger partial charge in [-0.25, -0.2) is 0 Å². The minimum atomic E-state index is -0.781. The second-order valence-corrected chi connectivity index (χ2v) is 7.69. The van der Waals surface area contributed by atoms with Gasteiger partial charge < -0.3 is 0 Å². The molecule has 0 N–H and O–H groups in total. The van der Waals surface area contributed by atoms with Crippen LogP contribution in [0.2, 0.25) is 0 Å². The van der Waals surface area contributed by atoms with Crippen molar-refractivity contribution in [2.24, 2.45) is 0 Å². The fourth-order valence-corrected chi connectivity index (χ4v) is 4.22. The van der Waals surface area contributed by atoms with Crippen molar-refractivity contribution in [3.63, 3.8) is 0 Å². The van der Waals surface area contributed by atoms with Crippen LogP contribution in [0.4, 0.5) is 0 Å². The van der Waals surface area contributed by atoms with Crippen LogP contribution in [0, 0.1) is 0 Å². The second kappa shape index (κ2) is 12.5. The summed E-state index contributed by atoms with van der Waals surface area (Å²) in [6.07, 6.45) is 13.0. The first-order valence-electron chi connectivity index (χ1n) is 7.79. The third-order valence-corrected chi connectivity index (χ3v) is 5.61. The Morgan fingerprint density at radius 3 is 1.83 bits per heavy atom. The average Bonchev–Trinajstić information content (AvgIpc) is 2.40. The number of rotatable bonds is 13. The van der Waals surface area contributed by atoms with E-state index in [0.29, 0.717) is 0 Å². The van der Waals surface area contributed by atoms with Crippen LogP contribution < -0.4 is 0 Å². The van der Waals surface area contributed by atoms with E-state index < -0.39 is 21.6 Å². The fourth-order valence-electron chi connectivity index (χ4n) is 2.39. The van der Waals surface area contributed by atoms with Crippen molar-refractivity contribution < 1.29 is 3.07 Å². The summed E-state index contributed by atoms with van der Waals surface area (Å²) in [6, 6.07) is 0. The molecule has 0 atom stereocenters. The van der Waals surface area contributed by atoms with Crippen LogP contribution in [0.3, 0.4) is 0 Å². The average molecular weight is 359 g/mol. The minimum absolute atomic E-state index is 0.210. The van der Waals surface area contributed by atoms with Gasteiger partial charge in [-0.1, -0.05) is 0 Å². The van der Waals surface area contributed by atoms with Gasteiger partial charge in [0.15, 0.2) is 0 Å². The Labute approximate surface area is 126 Å². The van der Waals surface area contributed by atoms with Gasteiger partial charge in [-0.2, -0.15) is 0 Å². The van der Waals surface area contributed by atoms with Gasteiger partial charge in [-0.05, 0) is 0 Å². The first-order valence-corrected chi connectivity index (χ1v) is 10.6. The maximum atomic E-state index is 6.38. The van der Waals surface area contributed by atoms with E-state index in [0.717, 1.165) is 0 Å². The van der Waals surface area contributed by atoms with E-state index >= 15 is 0 Å². The zero-order valence-corrected chi connectivity index (χ0v) is 15.6. The van der Waals surface area contributed by atoms with Gasteiger partial charge >= 0.3 is 126 Å². The van der Waals surface area contributed by atoms with Crippen LogP contribution in [-0.2, 0) is 3.07 Å². The van der Waals surface area contributed by atoms with E-state index in [9.17, 15) is 0 Å². The van der Waals surface area contributed by atoms with Crippen molar-refractivity contribution in [1.29, 1.82) is 0 Å². The molecule has 18 heavy (non-hydrogen) atoms. The molecule has 1 nitrogen and oxygen atoms in total. The van der Waals surface area contributed by atoms with Gasteiger partial charge in [0, 0.05) is 0 Å².